The second kappa shape index (κ2) is 3.90. The monoisotopic (exact) mass is 184 g/mol. The van der Waals surface area contributed by atoms with Crippen LogP contribution in [0.25, 0.3) is 0 Å². The lowest BCUT2D eigenvalue weighted by molar-refractivity contribution is 0.611. The summed E-state index contributed by atoms with van der Waals surface area (Å²) in [4.78, 5) is 5.28. The second-order valence-electron chi connectivity index (χ2n) is 3.39. The first-order chi connectivity index (χ1) is 5.65. The SMILES string of the molecule is CN=c1scc(CC(C)C)n1C. The molecule has 0 unspecified atom stereocenters. The summed E-state index contributed by atoms with van der Waals surface area (Å²) in [5, 5.41) is 2.20. The van der Waals surface area contributed by atoms with Crippen LogP contribution in [0, 0.1) is 5.92 Å². The van der Waals surface area contributed by atoms with Gasteiger partial charge in [-0.25, -0.2) is 0 Å². The highest BCUT2D eigenvalue weighted by molar-refractivity contribution is 7.07. The van der Waals surface area contributed by atoms with Crippen LogP contribution >= 0.6 is 11.3 Å². The highest BCUT2D eigenvalue weighted by Crippen LogP contribution is 2.07. The first-order valence-corrected chi connectivity index (χ1v) is 5.09. The van der Waals surface area contributed by atoms with Crippen molar-refractivity contribution < 1.29 is 0 Å². The first-order valence-electron chi connectivity index (χ1n) is 4.21. The van der Waals surface area contributed by atoms with Crippen molar-refractivity contribution in [2.24, 2.45) is 18.0 Å². The van der Waals surface area contributed by atoms with Crippen LogP contribution in [0.2, 0.25) is 0 Å². The molecule has 0 aliphatic rings. The van der Waals surface area contributed by atoms with Gasteiger partial charge < -0.3 is 4.57 Å². The molecular formula is C9H16N2S. The molecule has 0 bridgehead atoms. The van der Waals surface area contributed by atoms with E-state index in [9.17, 15) is 0 Å². The number of rotatable bonds is 2. The Bertz CT molecular complexity index is 307. The molecule has 0 saturated carbocycles. The molecule has 2 nitrogen and oxygen atoms in total. The molecule has 1 rings (SSSR count). The van der Waals surface area contributed by atoms with Crippen LogP contribution in [-0.4, -0.2) is 11.6 Å². The van der Waals surface area contributed by atoms with Gasteiger partial charge in [-0.2, -0.15) is 0 Å². The van der Waals surface area contributed by atoms with Gasteiger partial charge in [0.1, 0.15) is 0 Å². The zero-order chi connectivity index (χ0) is 9.14. The molecule has 3 heteroatoms. The fourth-order valence-electron chi connectivity index (χ4n) is 1.21. The van der Waals surface area contributed by atoms with E-state index >= 15 is 0 Å². The molecule has 1 aromatic rings. The predicted molar refractivity (Wildman–Crippen MR) is 53.3 cm³/mol. The number of thiazole rings is 1. The maximum absolute atomic E-state index is 4.18. The normalized spacial score (nSPS) is 12.9. The molecule has 1 aromatic heterocycles. The van der Waals surface area contributed by atoms with Gasteiger partial charge in [-0.3, -0.25) is 4.99 Å². The van der Waals surface area contributed by atoms with Crippen molar-refractivity contribution in [3.05, 3.63) is 15.9 Å². The fraction of sp³-hybridized carbons (Fsp3) is 0.667. The molecule has 1 heterocycles. The Kier molecular flexibility index (Phi) is 3.09. The summed E-state index contributed by atoms with van der Waals surface area (Å²) in [6.07, 6.45) is 1.14. The van der Waals surface area contributed by atoms with E-state index in [1.54, 1.807) is 11.3 Å². The van der Waals surface area contributed by atoms with Gasteiger partial charge in [0, 0.05) is 25.2 Å². The molecule has 0 aliphatic heterocycles. The lowest BCUT2D eigenvalue weighted by atomic mass is 10.1. The third kappa shape index (κ3) is 1.97. The first kappa shape index (κ1) is 9.52. The molecule has 0 saturated heterocycles. The van der Waals surface area contributed by atoms with Gasteiger partial charge in [0.05, 0.1) is 0 Å². The summed E-state index contributed by atoms with van der Waals surface area (Å²) in [7, 11) is 3.92. The van der Waals surface area contributed by atoms with E-state index in [0.717, 1.165) is 17.1 Å². The van der Waals surface area contributed by atoms with E-state index in [1.165, 1.54) is 5.69 Å². The average Bonchev–Trinajstić information content (AvgIpc) is 2.32. The van der Waals surface area contributed by atoms with Crippen molar-refractivity contribution in [2.75, 3.05) is 7.05 Å². The van der Waals surface area contributed by atoms with Gasteiger partial charge in [0.25, 0.3) is 0 Å². The maximum atomic E-state index is 4.18. The Morgan fingerprint density at radius 1 is 1.58 bits per heavy atom. The second-order valence-corrected chi connectivity index (χ2v) is 4.23. The molecule has 0 radical (unpaired) electrons. The van der Waals surface area contributed by atoms with Gasteiger partial charge in [0.15, 0.2) is 4.80 Å². The highest BCUT2D eigenvalue weighted by atomic mass is 32.1. The molecular weight excluding hydrogens is 168 g/mol. The summed E-state index contributed by atoms with van der Waals surface area (Å²) < 4.78 is 2.17. The summed E-state index contributed by atoms with van der Waals surface area (Å²) in [6.45, 7) is 4.47. The number of aromatic nitrogens is 1. The van der Waals surface area contributed by atoms with Crippen LogP contribution in [0.3, 0.4) is 0 Å². The summed E-state index contributed by atoms with van der Waals surface area (Å²) in [5.41, 5.74) is 1.38. The smallest absolute Gasteiger partial charge is 0.184 e. The Morgan fingerprint density at radius 2 is 2.25 bits per heavy atom. The van der Waals surface area contributed by atoms with Crippen LogP contribution in [0.4, 0.5) is 0 Å². The third-order valence-electron chi connectivity index (χ3n) is 1.83. The molecule has 68 valence electrons. The average molecular weight is 184 g/mol. The molecule has 0 aliphatic carbocycles. The van der Waals surface area contributed by atoms with Crippen molar-refractivity contribution in [1.29, 1.82) is 0 Å². The highest BCUT2D eigenvalue weighted by Gasteiger charge is 2.02. The number of hydrogen-bond acceptors (Lipinski definition) is 2. The van der Waals surface area contributed by atoms with E-state index in [1.807, 2.05) is 7.05 Å². The van der Waals surface area contributed by atoms with E-state index in [0.29, 0.717) is 0 Å². The van der Waals surface area contributed by atoms with Gasteiger partial charge in [-0.1, -0.05) is 13.8 Å². The summed E-state index contributed by atoms with van der Waals surface area (Å²) >= 11 is 1.71. The Morgan fingerprint density at radius 3 is 2.67 bits per heavy atom. The minimum absolute atomic E-state index is 0.718. The van der Waals surface area contributed by atoms with Crippen molar-refractivity contribution in [3.8, 4) is 0 Å². The van der Waals surface area contributed by atoms with E-state index in [-0.39, 0.29) is 0 Å². The lowest BCUT2D eigenvalue weighted by Crippen LogP contribution is -2.13. The summed E-state index contributed by atoms with van der Waals surface area (Å²) in [5.74, 6) is 0.718. The zero-order valence-electron chi connectivity index (χ0n) is 8.16. The van der Waals surface area contributed by atoms with Crippen LogP contribution < -0.4 is 4.80 Å². The molecule has 12 heavy (non-hydrogen) atoms. The largest absolute Gasteiger partial charge is 0.324 e. The zero-order valence-corrected chi connectivity index (χ0v) is 8.98. The van der Waals surface area contributed by atoms with E-state index in [4.69, 9.17) is 0 Å². The molecule has 0 amide bonds. The van der Waals surface area contributed by atoms with Crippen molar-refractivity contribution in [1.82, 2.24) is 4.57 Å². The van der Waals surface area contributed by atoms with Crippen LogP contribution in [0.15, 0.2) is 10.4 Å². The van der Waals surface area contributed by atoms with Crippen molar-refractivity contribution >= 4 is 11.3 Å². The topological polar surface area (TPSA) is 17.3 Å². The Hall–Kier alpha value is -0.570. The van der Waals surface area contributed by atoms with Crippen molar-refractivity contribution in [2.45, 2.75) is 20.3 Å². The number of nitrogens with zero attached hydrogens (tertiary/aromatic N) is 2. The predicted octanol–water partition coefficient (Wildman–Crippen LogP) is 1.82. The lowest BCUT2D eigenvalue weighted by Gasteiger charge is -2.04. The maximum Gasteiger partial charge on any atom is 0.184 e. The van der Waals surface area contributed by atoms with Gasteiger partial charge >= 0.3 is 0 Å². The Balaban J connectivity index is 2.95. The number of hydrogen-bond donors (Lipinski definition) is 0. The van der Waals surface area contributed by atoms with Crippen LogP contribution in [0.5, 0.6) is 0 Å². The minimum atomic E-state index is 0.718. The van der Waals surface area contributed by atoms with Gasteiger partial charge in [0.2, 0.25) is 0 Å². The minimum Gasteiger partial charge on any atom is -0.324 e. The third-order valence-corrected chi connectivity index (χ3v) is 2.88. The Labute approximate surface area is 77.6 Å². The van der Waals surface area contributed by atoms with Crippen LogP contribution in [0.1, 0.15) is 19.5 Å². The standard InChI is InChI=1S/C9H16N2S/c1-7(2)5-8-6-12-9(10-3)11(8)4/h6-7H,5H2,1-4H3. The van der Waals surface area contributed by atoms with Gasteiger partial charge in [-0.15, -0.1) is 11.3 Å². The van der Waals surface area contributed by atoms with E-state index < -0.39 is 0 Å². The van der Waals surface area contributed by atoms with Crippen LogP contribution in [-0.2, 0) is 13.5 Å². The van der Waals surface area contributed by atoms with E-state index in [2.05, 4.69) is 35.8 Å². The molecule has 0 aromatic carbocycles. The van der Waals surface area contributed by atoms with Gasteiger partial charge in [-0.05, 0) is 12.3 Å². The molecule has 0 N–H and O–H groups in total. The molecule has 0 fully saturated rings. The van der Waals surface area contributed by atoms with Crippen molar-refractivity contribution in [3.63, 3.8) is 0 Å². The molecule has 0 spiro atoms. The quantitative estimate of drug-likeness (QED) is 0.667. The fourth-order valence-corrected chi connectivity index (χ4v) is 2.08. The molecule has 0 atom stereocenters. The summed E-state index contributed by atoms with van der Waals surface area (Å²) in [6, 6.07) is 0.